The van der Waals surface area contributed by atoms with Crippen molar-refractivity contribution in [3.05, 3.63) is 57.3 Å². The molecule has 0 radical (unpaired) electrons. The highest BCUT2D eigenvalue weighted by atomic mass is 32.1. The SMILES string of the molecule is O=C1N[C@H]2CN(C(=O)c3cc4c(s3)CCCCC4)C[C@@H]2OCc2cn(nn2)CCOc2cccnc21. The van der Waals surface area contributed by atoms with Crippen LogP contribution in [0.5, 0.6) is 5.75 Å². The summed E-state index contributed by atoms with van der Waals surface area (Å²) in [6.07, 6.45) is 8.68. The van der Waals surface area contributed by atoms with Crippen molar-refractivity contribution in [2.45, 2.75) is 57.4 Å². The molecule has 36 heavy (non-hydrogen) atoms. The fourth-order valence-corrected chi connectivity index (χ4v) is 6.27. The first-order chi connectivity index (χ1) is 17.6. The average Bonchev–Trinajstić information content (AvgIpc) is 3.58. The first-order valence-corrected chi connectivity index (χ1v) is 13.3. The standard InChI is InChI=1S/C25H28N6O4S/c32-24-23-19(6-4-8-26-23)34-10-9-31-12-17(28-29-31)15-35-20-14-30(13-18(20)27-24)25(33)22-11-16-5-2-1-3-7-21(16)36-22/h4,6,8,11-12,18,20H,1-3,5,7,9-10,13-15H2,(H,27,32)/t18-,20-/m0/s1. The number of nitrogens with one attached hydrogen (secondary N) is 1. The van der Waals surface area contributed by atoms with Crippen molar-refractivity contribution < 1.29 is 19.1 Å². The second-order valence-corrected chi connectivity index (χ2v) is 10.6. The second-order valence-electron chi connectivity index (χ2n) is 9.43. The summed E-state index contributed by atoms with van der Waals surface area (Å²) < 4.78 is 13.7. The third kappa shape index (κ3) is 4.72. The van der Waals surface area contributed by atoms with Crippen molar-refractivity contribution in [2.75, 3.05) is 19.7 Å². The third-order valence-electron chi connectivity index (χ3n) is 6.92. The van der Waals surface area contributed by atoms with E-state index in [2.05, 4.69) is 26.7 Å². The number of aryl methyl sites for hydroxylation is 2. The van der Waals surface area contributed by atoms with Gasteiger partial charge < -0.3 is 19.7 Å². The van der Waals surface area contributed by atoms with E-state index in [-0.39, 0.29) is 24.1 Å². The molecule has 11 heteroatoms. The third-order valence-corrected chi connectivity index (χ3v) is 8.15. The van der Waals surface area contributed by atoms with Gasteiger partial charge in [0.1, 0.15) is 12.3 Å². The first-order valence-electron chi connectivity index (χ1n) is 12.4. The summed E-state index contributed by atoms with van der Waals surface area (Å²) >= 11 is 1.61. The van der Waals surface area contributed by atoms with Gasteiger partial charge in [-0.05, 0) is 49.4 Å². The summed E-state index contributed by atoms with van der Waals surface area (Å²) in [5, 5.41) is 11.4. The molecule has 1 fully saturated rings. The summed E-state index contributed by atoms with van der Waals surface area (Å²) in [6.45, 7) is 1.76. The molecule has 2 bridgehead atoms. The van der Waals surface area contributed by atoms with E-state index in [9.17, 15) is 9.59 Å². The maximum atomic E-state index is 13.5. The van der Waals surface area contributed by atoms with Gasteiger partial charge in [-0.1, -0.05) is 11.6 Å². The van der Waals surface area contributed by atoms with Crippen LogP contribution in [-0.4, -0.2) is 68.5 Å². The summed E-state index contributed by atoms with van der Waals surface area (Å²) in [5.41, 5.74) is 2.21. The number of hydrogen-bond donors (Lipinski definition) is 1. The largest absolute Gasteiger partial charge is 0.489 e. The van der Waals surface area contributed by atoms with Crippen molar-refractivity contribution in [3.63, 3.8) is 0 Å². The average molecular weight is 509 g/mol. The Morgan fingerprint density at radius 2 is 2.11 bits per heavy atom. The summed E-state index contributed by atoms with van der Waals surface area (Å²) in [4.78, 5) is 34.8. The lowest BCUT2D eigenvalue weighted by atomic mass is 10.1. The Morgan fingerprint density at radius 3 is 3.06 bits per heavy atom. The van der Waals surface area contributed by atoms with Crippen LogP contribution in [-0.2, 0) is 30.7 Å². The molecule has 3 aromatic rings. The van der Waals surface area contributed by atoms with Crippen LogP contribution in [0.25, 0.3) is 0 Å². The molecule has 0 unspecified atom stereocenters. The highest BCUT2D eigenvalue weighted by Gasteiger charge is 2.38. The molecular weight excluding hydrogens is 480 g/mol. The number of fused-ring (bicyclic) bond motifs is 5. The van der Waals surface area contributed by atoms with Crippen molar-refractivity contribution in [3.8, 4) is 5.75 Å². The lowest BCUT2D eigenvalue weighted by molar-refractivity contribution is 0.0290. The summed E-state index contributed by atoms with van der Waals surface area (Å²) in [6, 6.07) is 5.13. The van der Waals surface area contributed by atoms with E-state index in [0.717, 1.165) is 17.7 Å². The molecule has 2 aliphatic heterocycles. The van der Waals surface area contributed by atoms with Crippen LogP contribution in [0.15, 0.2) is 30.6 Å². The molecule has 1 N–H and O–H groups in total. The Kier molecular flexibility index (Phi) is 6.41. The highest BCUT2D eigenvalue weighted by molar-refractivity contribution is 7.14. The van der Waals surface area contributed by atoms with E-state index < -0.39 is 12.1 Å². The van der Waals surface area contributed by atoms with Gasteiger partial charge in [0.2, 0.25) is 0 Å². The van der Waals surface area contributed by atoms with E-state index in [1.54, 1.807) is 39.2 Å². The van der Waals surface area contributed by atoms with Gasteiger partial charge in [0.25, 0.3) is 11.8 Å². The smallest absolute Gasteiger partial charge is 0.274 e. The normalized spacial score (nSPS) is 22.3. The molecule has 2 amide bonds. The van der Waals surface area contributed by atoms with Crippen LogP contribution in [0.3, 0.4) is 0 Å². The number of ether oxygens (including phenoxy) is 2. The number of amides is 2. The molecule has 1 saturated heterocycles. The van der Waals surface area contributed by atoms with Crippen LogP contribution >= 0.6 is 11.3 Å². The number of carbonyl (C=O) groups excluding carboxylic acids is 2. The molecule has 3 aromatic heterocycles. The number of carbonyl (C=O) groups is 2. The van der Waals surface area contributed by atoms with Gasteiger partial charge in [-0.3, -0.25) is 9.59 Å². The number of rotatable bonds is 1. The van der Waals surface area contributed by atoms with Crippen molar-refractivity contribution in [1.82, 2.24) is 30.2 Å². The minimum atomic E-state index is -0.396. The lowest BCUT2D eigenvalue weighted by Gasteiger charge is -2.20. The predicted molar refractivity (Wildman–Crippen MR) is 131 cm³/mol. The van der Waals surface area contributed by atoms with Gasteiger partial charge in [0, 0.05) is 24.2 Å². The summed E-state index contributed by atoms with van der Waals surface area (Å²) in [5.74, 6) is 0.0373. The Labute approximate surface area is 212 Å². The van der Waals surface area contributed by atoms with Gasteiger partial charge >= 0.3 is 0 Å². The zero-order valence-electron chi connectivity index (χ0n) is 19.9. The van der Waals surface area contributed by atoms with Crippen LogP contribution in [0, 0.1) is 0 Å². The maximum Gasteiger partial charge on any atom is 0.274 e. The Balaban J connectivity index is 1.25. The zero-order chi connectivity index (χ0) is 24.5. The summed E-state index contributed by atoms with van der Waals surface area (Å²) in [7, 11) is 0. The van der Waals surface area contributed by atoms with Gasteiger partial charge in [0.15, 0.2) is 11.4 Å². The molecule has 6 rings (SSSR count). The number of pyridine rings is 1. The number of aromatic nitrogens is 4. The fraction of sp³-hybridized carbons (Fsp3) is 0.480. The van der Waals surface area contributed by atoms with Crippen molar-refractivity contribution in [2.24, 2.45) is 0 Å². The van der Waals surface area contributed by atoms with Gasteiger partial charge in [-0.25, -0.2) is 9.67 Å². The van der Waals surface area contributed by atoms with Crippen LogP contribution in [0.4, 0.5) is 0 Å². The minimum absolute atomic E-state index is 0.0101. The first kappa shape index (κ1) is 23.1. The van der Waals surface area contributed by atoms with Crippen LogP contribution in [0.1, 0.15) is 55.6 Å². The molecule has 0 saturated carbocycles. The Morgan fingerprint density at radius 1 is 1.19 bits per heavy atom. The van der Waals surface area contributed by atoms with Gasteiger partial charge in [-0.2, -0.15) is 0 Å². The van der Waals surface area contributed by atoms with E-state index in [1.807, 2.05) is 6.20 Å². The molecular formula is C25H28N6O4S. The van der Waals surface area contributed by atoms with Crippen molar-refractivity contribution >= 4 is 23.2 Å². The fourth-order valence-electron chi connectivity index (χ4n) is 5.05. The number of nitrogens with zero attached hydrogens (tertiary/aromatic N) is 5. The zero-order valence-corrected chi connectivity index (χ0v) is 20.7. The predicted octanol–water partition coefficient (Wildman–Crippen LogP) is 2.24. The van der Waals surface area contributed by atoms with Gasteiger partial charge in [-0.15, -0.1) is 16.4 Å². The molecule has 2 atom stereocenters. The molecule has 5 heterocycles. The Bertz CT molecular complexity index is 1250. The maximum absolute atomic E-state index is 13.5. The molecule has 3 aliphatic rings. The molecule has 188 valence electrons. The molecule has 10 nitrogen and oxygen atoms in total. The lowest BCUT2D eigenvalue weighted by Crippen LogP contribution is -2.44. The van der Waals surface area contributed by atoms with E-state index in [0.29, 0.717) is 37.7 Å². The number of thiophene rings is 1. The topological polar surface area (TPSA) is 111 Å². The van der Waals surface area contributed by atoms with Crippen LogP contribution < -0.4 is 10.1 Å². The monoisotopic (exact) mass is 508 g/mol. The van der Waals surface area contributed by atoms with E-state index >= 15 is 0 Å². The highest BCUT2D eigenvalue weighted by Crippen LogP contribution is 2.31. The quantitative estimate of drug-likeness (QED) is 0.502. The molecule has 1 aliphatic carbocycles. The minimum Gasteiger partial charge on any atom is -0.489 e. The van der Waals surface area contributed by atoms with Crippen molar-refractivity contribution in [1.29, 1.82) is 0 Å². The number of hydrogen-bond acceptors (Lipinski definition) is 8. The van der Waals surface area contributed by atoms with Gasteiger partial charge in [0.05, 0.1) is 36.4 Å². The van der Waals surface area contributed by atoms with E-state index in [4.69, 9.17) is 9.47 Å². The number of likely N-dealkylation sites (tertiary alicyclic amines) is 1. The molecule has 0 spiro atoms. The van der Waals surface area contributed by atoms with Crippen LogP contribution in [0.2, 0.25) is 0 Å². The second kappa shape index (κ2) is 9.98. The van der Waals surface area contributed by atoms with E-state index in [1.165, 1.54) is 29.7 Å². The Hall–Kier alpha value is -3.31. The molecule has 0 aromatic carbocycles.